The van der Waals surface area contributed by atoms with Crippen LogP contribution >= 0.6 is 23.1 Å². The van der Waals surface area contributed by atoms with Gasteiger partial charge in [-0.2, -0.15) is 0 Å². The topological polar surface area (TPSA) is 54.9 Å². The normalized spacial score (nSPS) is 11.2. The number of carbonyl (C=O) groups excluding carboxylic acids is 1. The molecule has 0 saturated heterocycles. The van der Waals surface area contributed by atoms with Gasteiger partial charge in [0.05, 0.1) is 18.4 Å². The number of hydrogen-bond acceptors (Lipinski definition) is 7. The molecule has 0 fully saturated rings. The van der Waals surface area contributed by atoms with Crippen molar-refractivity contribution in [3.63, 3.8) is 0 Å². The van der Waals surface area contributed by atoms with Crippen LogP contribution in [0.5, 0.6) is 11.5 Å². The first kappa shape index (κ1) is 25.3. The Morgan fingerprint density at radius 1 is 1.09 bits per heavy atom. The zero-order valence-electron chi connectivity index (χ0n) is 19.9. The van der Waals surface area contributed by atoms with Crippen molar-refractivity contribution in [3.05, 3.63) is 42.5 Å². The first-order valence-corrected chi connectivity index (χ1v) is 13.1. The van der Waals surface area contributed by atoms with Crippen molar-refractivity contribution in [2.24, 2.45) is 0 Å². The van der Waals surface area contributed by atoms with Crippen LogP contribution in [0, 0.1) is 0 Å². The maximum Gasteiger partial charge on any atom is 0.228 e. The molecule has 33 heavy (non-hydrogen) atoms. The summed E-state index contributed by atoms with van der Waals surface area (Å²) >= 11 is 3.32. The first-order chi connectivity index (χ1) is 16.0. The van der Waals surface area contributed by atoms with Crippen molar-refractivity contribution in [1.82, 2.24) is 9.88 Å². The second kappa shape index (κ2) is 12.8. The number of methoxy groups -OCH3 is 1. The van der Waals surface area contributed by atoms with Gasteiger partial charge in [0.15, 0.2) is 5.13 Å². The third kappa shape index (κ3) is 7.35. The number of fused-ring (bicyclic) bond motifs is 1. The molecule has 0 unspecified atom stereocenters. The summed E-state index contributed by atoms with van der Waals surface area (Å²) in [7, 11) is 5.77. The van der Waals surface area contributed by atoms with Crippen LogP contribution in [0.15, 0.2) is 47.4 Å². The number of carbonyl (C=O) groups is 1. The monoisotopic (exact) mass is 487 g/mol. The molecule has 0 radical (unpaired) electrons. The summed E-state index contributed by atoms with van der Waals surface area (Å²) < 4.78 is 12.0. The smallest absolute Gasteiger partial charge is 0.228 e. The van der Waals surface area contributed by atoms with E-state index < -0.39 is 0 Å². The van der Waals surface area contributed by atoms with Gasteiger partial charge in [0.25, 0.3) is 0 Å². The van der Waals surface area contributed by atoms with Gasteiger partial charge in [-0.15, -0.1) is 11.8 Å². The second-order valence-corrected chi connectivity index (χ2v) is 10.0. The van der Waals surface area contributed by atoms with E-state index in [1.165, 1.54) is 4.90 Å². The summed E-state index contributed by atoms with van der Waals surface area (Å²) in [5.41, 5.74) is 0.833. The van der Waals surface area contributed by atoms with E-state index in [0.717, 1.165) is 52.0 Å². The molecular formula is C25H33N3O3S2. The zero-order valence-corrected chi connectivity index (χ0v) is 21.5. The lowest BCUT2D eigenvalue weighted by atomic mass is 10.3. The van der Waals surface area contributed by atoms with Crippen molar-refractivity contribution < 1.29 is 14.3 Å². The summed E-state index contributed by atoms with van der Waals surface area (Å²) in [6.45, 7) is 4.13. The highest BCUT2D eigenvalue weighted by Gasteiger charge is 2.20. The predicted octanol–water partition coefficient (Wildman–Crippen LogP) is 5.56. The number of hydrogen-bond donors (Lipinski definition) is 0. The van der Waals surface area contributed by atoms with Gasteiger partial charge >= 0.3 is 0 Å². The molecule has 0 aliphatic heterocycles. The number of aromatic nitrogens is 1. The van der Waals surface area contributed by atoms with Crippen LogP contribution in [-0.2, 0) is 4.79 Å². The number of ether oxygens (including phenoxy) is 2. The summed E-state index contributed by atoms with van der Waals surface area (Å²) in [6, 6.07) is 14.0. The Morgan fingerprint density at radius 2 is 1.88 bits per heavy atom. The lowest BCUT2D eigenvalue weighted by Gasteiger charge is -2.21. The maximum atomic E-state index is 13.2. The molecule has 0 aliphatic rings. The highest BCUT2D eigenvalue weighted by atomic mass is 32.2. The molecule has 8 heteroatoms. The van der Waals surface area contributed by atoms with Gasteiger partial charge in [0.1, 0.15) is 17.0 Å². The fourth-order valence-corrected chi connectivity index (χ4v) is 5.27. The number of thioether (sulfide) groups is 1. The van der Waals surface area contributed by atoms with Gasteiger partial charge in [-0.25, -0.2) is 4.98 Å². The Morgan fingerprint density at radius 3 is 2.58 bits per heavy atom. The lowest BCUT2D eigenvalue weighted by molar-refractivity contribution is -0.118. The number of benzene rings is 2. The molecule has 0 aliphatic carbocycles. The number of para-hydroxylation sites is 1. The fourth-order valence-electron chi connectivity index (χ4n) is 3.39. The van der Waals surface area contributed by atoms with Crippen molar-refractivity contribution in [2.45, 2.75) is 31.1 Å². The quantitative estimate of drug-likeness (QED) is 0.232. The molecule has 1 aromatic heterocycles. The third-order valence-electron chi connectivity index (χ3n) is 5.05. The fraction of sp³-hybridized carbons (Fsp3) is 0.440. The van der Waals surface area contributed by atoms with Crippen molar-refractivity contribution in [1.29, 1.82) is 0 Å². The van der Waals surface area contributed by atoms with Crippen LogP contribution < -0.4 is 14.4 Å². The molecular weight excluding hydrogens is 454 g/mol. The molecule has 3 rings (SSSR count). The maximum absolute atomic E-state index is 13.2. The van der Waals surface area contributed by atoms with E-state index in [0.29, 0.717) is 19.6 Å². The third-order valence-corrected chi connectivity index (χ3v) is 7.19. The van der Waals surface area contributed by atoms with Gasteiger partial charge < -0.3 is 14.4 Å². The van der Waals surface area contributed by atoms with Crippen LogP contribution in [0.2, 0.25) is 0 Å². The first-order valence-electron chi connectivity index (χ1n) is 11.3. The van der Waals surface area contributed by atoms with E-state index in [2.05, 4.69) is 31.1 Å². The lowest BCUT2D eigenvalue weighted by Crippen LogP contribution is -2.33. The Balaban J connectivity index is 1.65. The molecule has 0 bridgehead atoms. The average molecular weight is 488 g/mol. The van der Waals surface area contributed by atoms with Crippen molar-refractivity contribution in [2.75, 3.05) is 51.6 Å². The predicted molar refractivity (Wildman–Crippen MR) is 139 cm³/mol. The molecule has 0 saturated carbocycles. The minimum Gasteiger partial charge on any atom is -0.497 e. The molecule has 2 aromatic carbocycles. The van der Waals surface area contributed by atoms with Crippen LogP contribution in [-0.4, -0.2) is 62.4 Å². The van der Waals surface area contributed by atoms with Crippen molar-refractivity contribution >= 4 is 44.4 Å². The largest absolute Gasteiger partial charge is 0.497 e. The minimum atomic E-state index is 0.126. The number of amides is 1. The van der Waals surface area contributed by atoms with E-state index in [9.17, 15) is 4.79 Å². The van der Waals surface area contributed by atoms with E-state index in [-0.39, 0.29) is 5.91 Å². The molecule has 1 heterocycles. The average Bonchev–Trinajstić information content (AvgIpc) is 3.25. The molecule has 3 aromatic rings. The SMILES string of the molecule is CCOc1cccc2sc(N(CCCN(C)C)C(=O)CCCSc3ccc(OC)cc3)nc12. The van der Waals surface area contributed by atoms with E-state index in [1.54, 1.807) is 30.2 Å². The highest BCUT2D eigenvalue weighted by molar-refractivity contribution is 7.99. The van der Waals surface area contributed by atoms with Crippen LogP contribution in [0.25, 0.3) is 10.2 Å². The van der Waals surface area contributed by atoms with Gasteiger partial charge in [-0.3, -0.25) is 9.69 Å². The van der Waals surface area contributed by atoms with Gasteiger partial charge in [-0.1, -0.05) is 17.4 Å². The molecule has 1 amide bonds. The Hall–Kier alpha value is -2.29. The summed E-state index contributed by atoms with van der Waals surface area (Å²) in [5.74, 6) is 2.64. The Kier molecular flexibility index (Phi) is 9.84. The van der Waals surface area contributed by atoms with E-state index in [1.807, 2.05) is 42.2 Å². The summed E-state index contributed by atoms with van der Waals surface area (Å²) in [6.07, 6.45) is 2.21. The zero-order chi connectivity index (χ0) is 23.6. The van der Waals surface area contributed by atoms with Crippen molar-refractivity contribution in [3.8, 4) is 11.5 Å². The number of rotatable bonds is 13. The standard InChI is InChI=1S/C25H33N3O3S2/c1-5-31-21-9-6-10-22-24(21)26-25(33-22)28(17-8-16-27(2)3)23(29)11-7-18-32-20-14-12-19(30-4)13-15-20/h6,9-10,12-15H,5,7-8,11,16-18H2,1-4H3. The van der Waals surface area contributed by atoms with Gasteiger partial charge in [-0.05, 0) is 82.6 Å². The van der Waals surface area contributed by atoms with E-state index >= 15 is 0 Å². The van der Waals surface area contributed by atoms with Crippen LogP contribution in [0.4, 0.5) is 5.13 Å². The van der Waals surface area contributed by atoms with E-state index in [4.69, 9.17) is 14.5 Å². The minimum absolute atomic E-state index is 0.126. The molecule has 0 atom stereocenters. The van der Waals surface area contributed by atoms with Gasteiger partial charge in [0.2, 0.25) is 5.91 Å². The summed E-state index contributed by atoms with van der Waals surface area (Å²) in [5, 5.41) is 0.753. The summed E-state index contributed by atoms with van der Waals surface area (Å²) in [4.78, 5) is 23.2. The molecule has 0 spiro atoms. The Bertz CT molecular complexity index is 1020. The second-order valence-electron chi connectivity index (χ2n) is 7.86. The number of anilines is 1. The Labute approximate surface area is 204 Å². The molecule has 178 valence electrons. The van der Waals surface area contributed by atoms with Gasteiger partial charge in [0, 0.05) is 17.9 Å². The molecule has 0 N–H and O–H groups in total. The molecule has 6 nitrogen and oxygen atoms in total. The number of nitrogens with zero attached hydrogens (tertiary/aromatic N) is 3. The van der Waals surface area contributed by atoms with Crippen LogP contribution in [0.3, 0.4) is 0 Å². The highest BCUT2D eigenvalue weighted by Crippen LogP contribution is 2.34. The van der Waals surface area contributed by atoms with Crippen LogP contribution in [0.1, 0.15) is 26.2 Å². The number of thiazole rings is 1.